The molecule has 1 aromatic heterocycles. The van der Waals surface area contributed by atoms with Crippen LogP contribution in [0.5, 0.6) is 0 Å². The number of hydrogen-bond acceptors (Lipinski definition) is 3. The number of imidazole rings is 1. The first kappa shape index (κ1) is 13.6. The summed E-state index contributed by atoms with van der Waals surface area (Å²) >= 11 is 0. The fourth-order valence-corrected chi connectivity index (χ4v) is 2.55. The lowest BCUT2D eigenvalue weighted by molar-refractivity contribution is 0.0834. The molecule has 1 fully saturated rings. The first-order chi connectivity index (χ1) is 8.72. The van der Waals surface area contributed by atoms with Crippen LogP contribution >= 0.6 is 0 Å². The molecule has 2 rings (SSSR count). The van der Waals surface area contributed by atoms with Gasteiger partial charge in [0.25, 0.3) is 0 Å². The fraction of sp³-hybridized carbons (Fsp3) is 0.786. The number of nitrogens with one attached hydrogen (secondary N) is 1. The van der Waals surface area contributed by atoms with Gasteiger partial charge in [-0.3, -0.25) is 0 Å². The molecule has 0 bridgehead atoms. The van der Waals surface area contributed by atoms with Gasteiger partial charge in [0, 0.05) is 31.7 Å². The van der Waals surface area contributed by atoms with E-state index in [1.54, 1.807) is 0 Å². The third-order valence-electron chi connectivity index (χ3n) is 3.50. The van der Waals surface area contributed by atoms with Gasteiger partial charge in [-0.1, -0.05) is 20.8 Å². The normalized spacial score (nSPS) is 24.0. The van der Waals surface area contributed by atoms with Crippen LogP contribution in [0.2, 0.25) is 0 Å². The minimum atomic E-state index is 0.213. The van der Waals surface area contributed by atoms with E-state index in [0.717, 1.165) is 32.5 Å². The molecule has 1 N–H and O–H groups in total. The van der Waals surface area contributed by atoms with Crippen molar-refractivity contribution in [2.75, 3.05) is 13.2 Å². The first-order valence-corrected chi connectivity index (χ1v) is 7.07. The van der Waals surface area contributed by atoms with Crippen molar-refractivity contribution in [3.63, 3.8) is 0 Å². The Morgan fingerprint density at radius 2 is 2.39 bits per heavy atom. The molecule has 0 aromatic carbocycles. The zero-order valence-corrected chi connectivity index (χ0v) is 11.7. The molecule has 0 amide bonds. The van der Waals surface area contributed by atoms with E-state index in [1.165, 1.54) is 5.69 Å². The van der Waals surface area contributed by atoms with Crippen LogP contribution in [-0.2, 0) is 11.3 Å². The Kier molecular flexibility index (Phi) is 4.78. The van der Waals surface area contributed by atoms with Gasteiger partial charge < -0.3 is 14.6 Å². The highest BCUT2D eigenvalue weighted by Gasteiger charge is 2.31. The van der Waals surface area contributed by atoms with Gasteiger partial charge in [-0.25, -0.2) is 4.98 Å². The van der Waals surface area contributed by atoms with E-state index >= 15 is 0 Å². The monoisotopic (exact) mass is 251 g/mol. The van der Waals surface area contributed by atoms with E-state index in [0.29, 0.717) is 12.0 Å². The van der Waals surface area contributed by atoms with Gasteiger partial charge in [0.2, 0.25) is 0 Å². The molecule has 1 aliphatic rings. The number of aromatic nitrogens is 2. The Bertz CT molecular complexity index is 362. The van der Waals surface area contributed by atoms with E-state index < -0.39 is 0 Å². The molecule has 0 radical (unpaired) electrons. The van der Waals surface area contributed by atoms with E-state index in [9.17, 15) is 0 Å². The molecule has 18 heavy (non-hydrogen) atoms. The highest BCUT2D eigenvalue weighted by Crippen LogP contribution is 2.34. The second-order valence-corrected chi connectivity index (χ2v) is 5.41. The number of aryl methyl sites for hydroxylation is 1. The van der Waals surface area contributed by atoms with E-state index in [1.807, 2.05) is 12.5 Å². The summed E-state index contributed by atoms with van der Waals surface area (Å²) in [5, 5.41) is 3.52. The Hall–Kier alpha value is -0.870. The molecule has 1 saturated heterocycles. The average Bonchev–Trinajstić information content (AvgIpc) is 2.94. The Balaban J connectivity index is 2.03. The molecule has 2 atom stereocenters. The highest BCUT2D eigenvalue weighted by atomic mass is 16.5. The van der Waals surface area contributed by atoms with Crippen LogP contribution in [-0.4, -0.2) is 28.7 Å². The maximum absolute atomic E-state index is 5.93. The standard InChI is InChI=1S/C14H25N3O/c1-4-6-17-10-15-9-13(17)14-12(5-7-18-14)8-16-11(2)3/h9-12,14,16H,4-8H2,1-3H3. The van der Waals surface area contributed by atoms with Gasteiger partial charge in [0.15, 0.2) is 0 Å². The van der Waals surface area contributed by atoms with Crippen molar-refractivity contribution in [2.45, 2.75) is 52.3 Å². The Morgan fingerprint density at radius 1 is 1.56 bits per heavy atom. The SMILES string of the molecule is CCCn1cncc1C1OCCC1CNC(C)C. The third kappa shape index (κ3) is 3.12. The smallest absolute Gasteiger partial charge is 0.103 e. The predicted molar refractivity (Wildman–Crippen MR) is 72.5 cm³/mol. The lowest BCUT2D eigenvalue weighted by Crippen LogP contribution is -2.30. The van der Waals surface area contributed by atoms with Gasteiger partial charge in [-0.15, -0.1) is 0 Å². The molecule has 1 aliphatic heterocycles. The number of rotatable bonds is 6. The predicted octanol–water partition coefficient (Wildman–Crippen LogP) is 2.37. The zero-order chi connectivity index (χ0) is 13.0. The number of hydrogen-bond donors (Lipinski definition) is 1. The van der Waals surface area contributed by atoms with Crippen LogP contribution < -0.4 is 5.32 Å². The molecule has 0 spiro atoms. The molecule has 4 heteroatoms. The summed E-state index contributed by atoms with van der Waals surface area (Å²) in [6.07, 6.45) is 6.37. The summed E-state index contributed by atoms with van der Waals surface area (Å²) in [5.74, 6) is 0.569. The van der Waals surface area contributed by atoms with Gasteiger partial charge in [0.1, 0.15) is 6.10 Å². The lowest BCUT2D eigenvalue weighted by Gasteiger charge is -2.21. The van der Waals surface area contributed by atoms with Gasteiger partial charge in [-0.05, 0) is 12.8 Å². The minimum Gasteiger partial charge on any atom is -0.372 e. The van der Waals surface area contributed by atoms with Crippen LogP contribution in [0, 0.1) is 5.92 Å². The first-order valence-electron chi connectivity index (χ1n) is 7.07. The molecule has 2 heterocycles. The quantitative estimate of drug-likeness (QED) is 0.843. The van der Waals surface area contributed by atoms with E-state index in [2.05, 4.69) is 35.6 Å². The van der Waals surface area contributed by atoms with Crippen molar-refractivity contribution < 1.29 is 4.74 Å². The molecule has 4 nitrogen and oxygen atoms in total. The summed E-state index contributed by atoms with van der Waals surface area (Å²) < 4.78 is 8.16. The summed E-state index contributed by atoms with van der Waals surface area (Å²) in [4.78, 5) is 4.28. The van der Waals surface area contributed by atoms with E-state index in [-0.39, 0.29) is 6.10 Å². The van der Waals surface area contributed by atoms with Gasteiger partial charge in [-0.2, -0.15) is 0 Å². The fourth-order valence-electron chi connectivity index (χ4n) is 2.55. The molecule has 102 valence electrons. The largest absolute Gasteiger partial charge is 0.372 e. The van der Waals surface area contributed by atoms with Crippen molar-refractivity contribution in [1.82, 2.24) is 14.9 Å². The third-order valence-corrected chi connectivity index (χ3v) is 3.50. The molecular formula is C14H25N3O. The second kappa shape index (κ2) is 6.34. The zero-order valence-electron chi connectivity index (χ0n) is 11.7. The molecule has 2 unspecified atom stereocenters. The topological polar surface area (TPSA) is 39.1 Å². The molecular weight excluding hydrogens is 226 g/mol. The van der Waals surface area contributed by atoms with Crippen LogP contribution in [0.1, 0.15) is 45.4 Å². The number of nitrogens with zero attached hydrogens (tertiary/aromatic N) is 2. The van der Waals surface area contributed by atoms with Crippen LogP contribution in [0.25, 0.3) is 0 Å². The molecule has 1 aromatic rings. The Morgan fingerprint density at radius 3 is 3.11 bits per heavy atom. The Labute approximate surface area is 110 Å². The molecule has 0 aliphatic carbocycles. The van der Waals surface area contributed by atoms with Crippen molar-refractivity contribution in [3.05, 3.63) is 18.2 Å². The van der Waals surface area contributed by atoms with Gasteiger partial charge >= 0.3 is 0 Å². The molecule has 0 saturated carbocycles. The van der Waals surface area contributed by atoms with Crippen LogP contribution in [0.3, 0.4) is 0 Å². The van der Waals surface area contributed by atoms with Crippen LogP contribution in [0.15, 0.2) is 12.5 Å². The maximum Gasteiger partial charge on any atom is 0.103 e. The maximum atomic E-state index is 5.93. The highest BCUT2D eigenvalue weighted by molar-refractivity contribution is 5.07. The van der Waals surface area contributed by atoms with Gasteiger partial charge in [0.05, 0.1) is 18.2 Å². The summed E-state index contributed by atoms with van der Waals surface area (Å²) in [6.45, 7) is 9.49. The second-order valence-electron chi connectivity index (χ2n) is 5.41. The van der Waals surface area contributed by atoms with Crippen molar-refractivity contribution in [3.8, 4) is 0 Å². The van der Waals surface area contributed by atoms with Crippen molar-refractivity contribution in [1.29, 1.82) is 0 Å². The summed E-state index contributed by atoms with van der Waals surface area (Å²) in [7, 11) is 0. The summed E-state index contributed by atoms with van der Waals surface area (Å²) in [6, 6.07) is 0.534. The van der Waals surface area contributed by atoms with Crippen LogP contribution in [0.4, 0.5) is 0 Å². The minimum absolute atomic E-state index is 0.213. The van der Waals surface area contributed by atoms with Crippen molar-refractivity contribution in [2.24, 2.45) is 5.92 Å². The van der Waals surface area contributed by atoms with E-state index in [4.69, 9.17) is 4.74 Å². The summed E-state index contributed by atoms with van der Waals surface area (Å²) in [5.41, 5.74) is 1.24. The lowest BCUT2D eigenvalue weighted by atomic mass is 9.99. The van der Waals surface area contributed by atoms with Crippen molar-refractivity contribution >= 4 is 0 Å². The average molecular weight is 251 g/mol. The number of ether oxygens (including phenoxy) is 1.